The fourth-order valence-electron chi connectivity index (χ4n) is 1.13. The molecule has 1 aromatic rings. The van der Waals surface area contributed by atoms with E-state index in [0.29, 0.717) is 5.75 Å². The second-order valence-electron chi connectivity index (χ2n) is 4.32. The molecule has 0 saturated carbocycles. The Morgan fingerprint density at radius 3 is 2.64 bits per heavy atom. The van der Waals surface area contributed by atoms with Gasteiger partial charge in [-0.15, -0.1) is 0 Å². The fourth-order valence-corrected chi connectivity index (χ4v) is 1.95. The summed E-state index contributed by atoms with van der Waals surface area (Å²) < 4.78 is 1.91. The number of aryl methyl sites for hydroxylation is 1. The third kappa shape index (κ3) is 3.35. The van der Waals surface area contributed by atoms with Gasteiger partial charge in [0.1, 0.15) is 6.10 Å². The van der Waals surface area contributed by atoms with E-state index >= 15 is 0 Å². The molecule has 0 amide bonds. The second-order valence-corrected chi connectivity index (χ2v) is 6.17. The van der Waals surface area contributed by atoms with E-state index in [4.69, 9.17) is 0 Å². The molecule has 0 aliphatic heterocycles. The van der Waals surface area contributed by atoms with Crippen LogP contribution in [0, 0.1) is 0 Å². The van der Waals surface area contributed by atoms with E-state index in [2.05, 4.69) is 25.9 Å². The van der Waals surface area contributed by atoms with Crippen LogP contribution in [0.5, 0.6) is 0 Å². The zero-order valence-corrected chi connectivity index (χ0v) is 10.0. The molecule has 0 radical (unpaired) electrons. The van der Waals surface area contributed by atoms with Crippen LogP contribution in [0.2, 0.25) is 0 Å². The predicted molar refractivity (Wildman–Crippen MR) is 60.4 cm³/mol. The van der Waals surface area contributed by atoms with Crippen molar-refractivity contribution in [1.82, 2.24) is 9.78 Å². The molecule has 14 heavy (non-hydrogen) atoms. The van der Waals surface area contributed by atoms with Crippen molar-refractivity contribution in [1.29, 1.82) is 0 Å². The van der Waals surface area contributed by atoms with E-state index in [1.807, 2.05) is 13.1 Å². The molecule has 0 saturated heterocycles. The second kappa shape index (κ2) is 4.36. The van der Waals surface area contributed by atoms with Gasteiger partial charge in [0.25, 0.3) is 0 Å². The number of aliphatic hydroxyl groups is 1. The number of nitrogens with zero attached hydrogens (tertiary/aromatic N) is 2. The molecule has 1 aromatic heterocycles. The topological polar surface area (TPSA) is 38.0 Å². The third-order valence-corrected chi connectivity index (χ3v) is 3.22. The molecule has 4 heteroatoms. The van der Waals surface area contributed by atoms with Crippen molar-refractivity contribution < 1.29 is 5.11 Å². The standard InChI is InChI=1S/C10H18N2OS/c1-10(2,3)14-7-9(13)8-5-6-11-12(8)4/h5-6,9,13H,7H2,1-4H3. The molecular weight excluding hydrogens is 196 g/mol. The average Bonchev–Trinajstić information content (AvgIpc) is 2.46. The summed E-state index contributed by atoms with van der Waals surface area (Å²) in [5, 5.41) is 13.9. The number of rotatable bonds is 3. The van der Waals surface area contributed by atoms with E-state index in [0.717, 1.165) is 5.69 Å². The number of thioether (sulfide) groups is 1. The van der Waals surface area contributed by atoms with Crippen LogP contribution >= 0.6 is 11.8 Å². The molecule has 3 nitrogen and oxygen atoms in total. The number of aliphatic hydroxyl groups excluding tert-OH is 1. The summed E-state index contributed by atoms with van der Waals surface area (Å²) in [6.45, 7) is 6.44. The lowest BCUT2D eigenvalue weighted by molar-refractivity contribution is 0.193. The monoisotopic (exact) mass is 214 g/mol. The van der Waals surface area contributed by atoms with Gasteiger partial charge in [0, 0.05) is 23.7 Å². The van der Waals surface area contributed by atoms with Crippen molar-refractivity contribution in [2.45, 2.75) is 31.6 Å². The smallest absolute Gasteiger partial charge is 0.105 e. The zero-order chi connectivity index (χ0) is 10.8. The van der Waals surface area contributed by atoms with Crippen molar-refractivity contribution in [2.24, 2.45) is 7.05 Å². The quantitative estimate of drug-likeness (QED) is 0.836. The third-order valence-electron chi connectivity index (χ3n) is 1.87. The van der Waals surface area contributed by atoms with Gasteiger partial charge in [-0.2, -0.15) is 16.9 Å². The lowest BCUT2D eigenvalue weighted by atomic mass is 10.3. The Morgan fingerprint density at radius 1 is 1.57 bits per heavy atom. The Morgan fingerprint density at radius 2 is 2.21 bits per heavy atom. The highest BCUT2D eigenvalue weighted by Gasteiger charge is 2.16. The van der Waals surface area contributed by atoms with Crippen molar-refractivity contribution in [2.75, 3.05) is 5.75 Å². The van der Waals surface area contributed by atoms with Crippen LogP contribution in [-0.4, -0.2) is 25.4 Å². The van der Waals surface area contributed by atoms with Crippen LogP contribution < -0.4 is 0 Å². The van der Waals surface area contributed by atoms with Gasteiger partial charge >= 0.3 is 0 Å². The van der Waals surface area contributed by atoms with Gasteiger partial charge in [-0.1, -0.05) is 20.8 Å². The Bertz CT molecular complexity index is 291. The van der Waals surface area contributed by atoms with Crippen LogP contribution in [0.1, 0.15) is 32.6 Å². The Balaban J connectivity index is 2.51. The van der Waals surface area contributed by atoms with Gasteiger partial charge in [-0.3, -0.25) is 4.68 Å². The van der Waals surface area contributed by atoms with Gasteiger partial charge < -0.3 is 5.11 Å². The molecule has 0 bridgehead atoms. The first-order chi connectivity index (χ1) is 6.40. The lowest BCUT2D eigenvalue weighted by Crippen LogP contribution is -2.14. The number of aromatic nitrogens is 2. The molecule has 1 rings (SSSR count). The summed E-state index contributed by atoms with van der Waals surface area (Å²) in [4.78, 5) is 0. The van der Waals surface area contributed by atoms with Crippen molar-refractivity contribution in [3.63, 3.8) is 0 Å². The Kier molecular flexibility index (Phi) is 3.61. The van der Waals surface area contributed by atoms with Crippen molar-refractivity contribution >= 4 is 11.8 Å². The first-order valence-electron chi connectivity index (χ1n) is 4.70. The van der Waals surface area contributed by atoms with Gasteiger partial charge in [0.15, 0.2) is 0 Å². The molecule has 0 spiro atoms. The summed E-state index contributed by atoms with van der Waals surface area (Å²) in [7, 11) is 1.85. The minimum atomic E-state index is -0.424. The predicted octanol–water partition coefficient (Wildman–Crippen LogP) is 1.99. The van der Waals surface area contributed by atoms with E-state index in [1.165, 1.54) is 0 Å². The minimum absolute atomic E-state index is 0.194. The van der Waals surface area contributed by atoms with Crippen LogP contribution in [0.15, 0.2) is 12.3 Å². The summed E-state index contributed by atoms with van der Waals surface area (Å²) in [6, 6.07) is 1.86. The van der Waals surface area contributed by atoms with Gasteiger partial charge in [0.05, 0.1) is 5.69 Å². The Hall–Kier alpha value is -0.480. The van der Waals surface area contributed by atoms with E-state index in [9.17, 15) is 5.11 Å². The fraction of sp³-hybridized carbons (Fsp3) is 0.700. The summed E-state index contributed by atoms with van der Waals surface area (Å²) in [6.07, 6.45) is 1.28. The van der Waals surface area contributed by atoms with Gasteiger partial charge in [-0.05, 0) is 6.07 Å². The summed E-state index contributed by atoms with van der Waals surface area (Å²) in [5.74, 6) is 0.711. The lowest BCUT2D eigenvalue weighted by Gasteiger charge is -2.20. The highest BCUT2D eigenvalue weighted by atomic mass is 32.2. The number of hydrogen-bond donors (Lipinski definition) is 1. The molecule has 1 unspecified atom stereocenters. The summed E-state index contributed by atoms with van der Waals surface area (Å²) >= 11 is 1.76. The average molecular weight is 214 g/mol. The highest BCUT2D eigenvalue weighted by molar-refractivity contribution is 8.00. The molecule has 1 N–H and O–H groups in total. The summed E-state index contributed by atoms with van der Waals surface area (Å²) in [5.41, 5.74) is 0.877. The maximum absolute atomic E-state index is 9.87. The van der Waals surface area contributed by atoms with Crippen molar-refractivity contribution in [3.8, 4) is 0 Å². The molecule has 0 fully saturated rings. The van der Waals surface area contributed by atoms with Crippen LogP contribution in [0.25, 0.3) is 0 Å². The molecule has 80 valence electrons. The van der Waals surface area contributed by atoms with Crippen LogP contribution in [0.4, 0.5) is 0 Å². The molecule has 0 aromatic carbocycles. The number of hydrogen-bond acceptors (Lipinski definition) is 3. The largest absolute Gasteiger partial charge is 0.386 e. The first-order valence-corrected chi connectivity index (χ1v) is 5.68. The van der Waals surface area contributed by atoms with Crippen LogP contribution in [0.3, 0.4) is 0 Å². The Labute approximate surface area is 89.5 Å². The zero-order valence-electron chi connectivity index (χ0n) is 9.19. The first kappa shape index (κ1) is 11.6. The molecule has 0 aliphatic carbocycles. The van der Waals surface area contributed by atoms with E-state index in [-0.39, 0.29) is 4.75 Å². The molecule has 1 atom stereocenters. The van der Waals surface area contributed by atoms with E-state index in [1.54, 1.807) is 22.6 Å². The van der Waals surface area contributed by atoms with Gasteiger partial charge in [0.2, 0.25) is 0 Å². The molecule has 0 aliphatic rings. The van der Waals surface area contributed by atoms with Crippen molar-refractivity contribution in [3.05, 3.63) is 18.0 Å². The van der Waals surface area contributed by atoms with Crippen LogP contribution in [-0.2, 0) is 7.05 Å². The maximum Gasteiger partial charge on any atom is 0.105 e. The minimum Gasteiger partial charge on any atom is -0.386 e. The SMILES string of the molecule is Cn1nccc1C(O)CSC(C)(C)C. The highest BCUT2D eigenvalue weighted by Crippen LogP contribution is 2.27. The normalized spacial score (nSPS) is 14.4. The molecule has 1 heterocycles. The molecular formula is C10H18N2OS. The van der Waals surface area contributed by atoms with E-state index < -0.39 is 6.10 Å². The van der Waals surface area contributed by atoms with Gasteiger partial charge in [-0.25, -0.2) is 0 Å². The maximum atomic E-state index is 9.87.